The highest BCUT2D eigenvalue weighted by molar-refractivity contribution is 5.72. The van der Waals surface area contributed by atoms with Crippen molar-refractivity contribution >= 4 is 11.9 Å². The number of aliphatic carboxylic acids is 1. The summed E-state index contributed by atoms with van der Waals surface area (Å²) in [5, 5.41) is 14.1. The summed E-state index contributed by atoms with van der Waals surface area (Å²) < 4.78 is 10.6. The highest BCUT2D eigenvalue weighted by Gasteiger charge is 2.41. The van der Waals surface area contributed by atoms with E-state index in [2.05, 4.69) is 10.1 Å². The highest BCUT2D eigenvalue weighted by atomic mass is 16.5. The van der Waals surface area contributed by atoms with Crippen LogP contribution in [0.25, 0.3) is 0 Å². The van der Waals surface area contributed by atoms with Crippen molar-refractivity contribution in [1.82, 2.24) is 15.0 Å². The lowest BCUT2D eigenvalue weighted by atomic mass is 9.71. The number of rotatable bonds is 12. The second-order valence-electron chi connectivity index (χ2n) is 10.2. The molecule has 2 atom stereocenters. The van der Waals surface area contributed by atoms with Crippen molar-refractivity contribution in [3.8, 4) is 0 Å². The van der Waals surface area contributed by atoms with E-state index in [4.69, 9.17) is 9.26 Å². The Morgan fingerprint density at radius 1 is 1.25 bits per heavy atom. The molecule has 182 valence electrons. The standard InChI is InChI=1S/C24H41N3O5/c1-6-31-20(28)16-27(5)15-19-25-22(32-26-19)18(21(23(29)30)24(2,3)4)14-10-13-17-11-8-7-9-12-17/h17-18,21H,6-16H2,1-5H3,(H,29,30)/t18-,21?/m1/s1. The molecular weight excluding hydrogens is 410 g/mol. The maximum Gasteiger partial charge on any atom is 0.320 e. The van der Waals surface area contributed by atoms with Crippen molar-refractivity contribution in [1.29, 1.82) is 0 Å². The highest BCUT2D eigenvalue weighted by Crippen LogP contribution is 2.41. The fraction of sp³-hybridized carbons (Fsp3) is 0.833. The number of carboxylic acids is 1. The van der Waals surface area contributed by atoms with E-state index < -0.39 is 17.3 Å². The van der Waals surface area contributed by atoms with Gasteiger partial charge in [-0.05, 0) is 31.7 Å². The van der Waals surface area contributed by atoms with E-state index in [9.17, 15) is 14.7 Å². The monoisotopic (exact) mass is 451 g/mol. The van der Waals surface area contributed by atoms with Crippen LogP contribution in [0.5, 0.6) is 0 Å². The van der Waals surface area contributed by atoms with Gasteiger partial charge in [-0.1, -0.05) is 70.9 Å². The number of hydrogen-bond donors (Lipinski definition) is 1. The summed E-state index contributed by atoms with van der Waals surface area (Å²) in [5.41, 5.74) is -0.448. The first-order valence-electron chi connectivity index (χ1n) is 12.0. The van der Waals surface area contributed by atoms with E-state index in [1.165, 1.54) is 32.1 Å². The second kappa shape index (κ2) is 12.3. The summed E-state index contributed by atoms with van der Waals surface area (Å²) in [6, 6.07) is 0. The first kappa shape index (κ1) is 26.3. The Morgan fingerprint density at radius 2 is 1.94 bits per heavy atom. The van der Waals surface area contributed by atoms with E-state index in [1.54, 1.807) is 18.9 Å². The Bertz CT molecular complexity index is 721. The van der Waals surface area contributed by atoms with Gasteiger partial charge in [-0.25, -0.2) is 0 Å². The van der Waals surface area contributed by atoms with Crippen LogP contribution in [-0.2, 0) is 20.9 Å². The number of aromatic nitrogens is 2. The van der Waals surface area contributed by atoms with Gasteiger partial charge in [0.2, 0.25) is 5.89 Å². The smallest absolute Gasteiger partial charge is 0.320 e. The maximum absolute atomic E-state index is 12.2. The molecule has 1 aliphatic carbocycles. The molecule has 1 fully saturated rings. The third-order valence-electron chi connectivity index (χ3n) is 6.37. The average molecular weight is 452 g/mol. The van der Waals surface area contributed by atoms with Gasteiger partial charge in [0, 0.05) is 0 Å². The molecule has 1 saturated carbocycles. The van der Waals surface area contributed by atoms with E-state index in [1.807, 2.05) is 20.8 Å². The average Bonchev–Trinajstić information content (AvgIpc) is 3.14. The number of likely N-dealkylation sites (N-methyl/N-ethyl adjacent to an activating group) is 1. The Morgan fingerprint density at radius 3 is 2.53 bits per heavy atom. The molecule has 1 aromatic heterocycles. The van der Waals surface area contributed by atoms with Crippen LogP contribution in [-0.4, -0.2) is 52.3 Å². The van der Waals surface area contributed by atoms with Crippen molar-refractivity contribution in [2.45, 2.75) is 91.5 Å². The number of carboxylic acid groups (broad SMARTS) is 1. The Balaban J connectivity index is 2.10. The fourth-order valence-electron chi connectivity index (χ4n) is 4.89. The normalized spacial score (nSPS) is 17.3. The number of esters is 1. The lowest BCUT2D eigenvalue weighted by molar-refractivity contribution is -0.147. The molecule has 1 N–H and O–H groups in total. The van der Waals surface area contributed by atoms with Gasteiger partial charge >= 0.3 is 11.9 Å². The molecule has 8 heteroatoms. The van der Waals surface area contributed by atoms with Gasteiger partial charge in [0.1, 0.15) is 0 Å². The lowest BCUT2D eigenvalue weighted by Gasteiger charge is -2.32. The molecule has 8 nitrogen and oxygen atoms in total. The van der Waals surface area contributed by atoms with Crippen LogP contribution in [0.15, 0.2) is 4.52 Å². The van der Waals surface area contributed by atoms with Crippen LogP contribution in [0.2, 0.25) is 0 Å². The van der Waals surface area contributed by atoms with Gasteiger partial charge < -0.3 is 14.4 Å². The van der Waals surface area contributed by atoms with Gasteiger partial charge in [-0.2, -0.15) is 4.98 Å². The molecule has 1 aromatic rings. The summed E-state index contributed by atoms with van der Waals surface area (Å²) in [5.74, 6) is -0.529. The minimum absolute atomic E-state index is 0.127. The molecule has 1 heterocycles. The number of carbonyl (C=O) groups is 2. The zero-order valence-electron chi connectivity index (χ0n) is 20.4. The van der Waals surface area contributed by atoms with Crippen LogP contribution in [0.1, 0.15) is 96.7 Å². The lowest BCUT2D eigenvalue weighted by Crippen LogP contribution is -2.34. The molecule has 0 radical (unpaired) electrons. The van der Waals surface area contributed by atoms with Gasteiger partial charge in [0.15, 0.2) is 5.82 Å². The molecule has 32 heavy (non-hydrogen) atoms. The van der Waals surface area contributed by atoms with Crippen molar-refractivity contribution in [3.63, 3.8) is 0 Å². The third-order valence-corrected chi connectivity index (χ3v) is 6.37. The van der Waals surface area contributed by atoms with Crippen LogP contribution < -0.4 is 0 Å². The molecule has 0 aliphatic heterocycles. The SMILES string of the molecule is CCOC(=O)CN(C)Cc1noc([C@H](CCCC2CCCCC2)C(C(=O)O)C(C)(C)C)n1. The first-order valence-corrected chi connectivity index (χ1v) is 12.0. The molecular formula is C24H41N3O5. The molecule has 0 saturated heterocycles. The quantitative estimate of drug-likeness (QED) is 0.458. The topological polar surface area (TPSA) is 106 Å². The predicted octanol–water partition coefficient (Wildman–Crippen LogP) is 4.65. The summed E-state index contributed by atoms with van der Waals surface area (Å²) in [6.07, 6.45) is 9.30. The van der Waals surface area contributed by atoms with Crippen LogP contribution in [0.4, 0.5) is 0 Å². The summed E-state index contributed by atoms with van der Waals surface area (Å²) >= 11 is 0. The van der Waals surface area contributed by atoms with Crippen molar-refractivity contribution in [2.75, 3.05) is 20.2 Å². The predicted molar refractivity (Wildman–Crippen MR) is 121 cm³/mol. The van der Waals surface area contributed by atoms with E-state index in [0.29, 0.717) is 31.3 Å². The minimum Gasteiger partial charge on any atom is -0.481 e. The van der Waals surface area contributed by atoms with E-state index in [-0.39, 0.29) is 18.4 Å². The molecule has 0 amide bonds. The summed E-state index contributed by atoms with van der Waals surface area (Å²) in [6.45, 7) is 8.41. The largest absolute Gasteiger partial charge is 0.481 e. The fourth-order valence-corrected chi connectivity index (χ4v) is 4.89. The van der Waals surface area contributed by atoms with Crippen LogP contribution in [0, 0.1) is 17.3 Å². The molecule has 1 aliphatic rings. The van der Waals surface area contributed by atoms with Crippen molar-refractivity contribution < 1.29 is 24.0 Å². The molecule has 1 unspecified atom stereocenters. The summed E-state index contributed by atoms with van der Waals surface area (Å²) in [4.78, 5) is 30.2. The molecule has 0 aromatic carbocycles. The first-order chi connectivity index (χ1) is 15.1. The Labute approximate surface area is 192 Å². The van der Waals surface area contributed by atoms with E-state index in [0.717, 1.165) is 18.8 Å². The maximum atomic E-state index is 12.2. The Kier molecular flexibility index (Phi) is 10.1. The van der Waals surface area contributed by atoms with Gasteiger partial charge in [-0.15, -0.1) is 0 Å². The van der Waals surface area contributed by atoms with Gasteiger partial charge in [0.05, 0.1) is 31.5 Å². The zero-order chi connectivity index (χ0) is 23.7. The number of carbonyl (C=O) groups excluding carboxylic acids is 1. The van der Waals surface area contributed by atoms with Gasteiger partial charge in [-0.3, -0.25) is 14.5 Å². The summed E-state index contributed by atoms with van der Waals surface area (Å²) in [7, 11) is 1.78. The third kappa shape index (κ3) is 8.19. The van der Waals surface area contributed by atoms with E-state index >= 15 is 0 Å². The second-order valence-corrected chi connectivity index (χ2v) is 10.2. The van der Waals surface area contributed by atoms with Gasteiger partial charge in [0.25, 0.3) is 0 Å². The van der Waals surface area contributed by atoms with Crippen molar-refractivity contribution in [3.05, 3.63) is 11.7 Å². The van der Waals surface area contributed by atoms with Crippen molar-refractivity contribution in [2.24, 2.45) is 17.3 Å². The molecule has 2 rings (SSSR count). The minimum atomic E-state index is -0.834. The molecule has 0 bridgehead atoms. The van der Waals surface area contributed by atoms with Crippen LogP contribution >= 0.6 is 0 Å². The molecule has 0 spiro atoms. The van der Waals surface area contributed by atoms with Crippen LogP contribution in [0.3, 0.4) is 0 Å². The number of ether oxygens (including phenoxy) is 1. The number of nitrogens with zero attached hydrogens (tertiary/aromatic N) is 3. The zero-order valence-corrected chi connectivity index (χ0v) is 20.4. The Hall–Kier alpha value is -1.96. The number of hydrogen-bond acceptors (Lipinski definition) is 7.